The second kappa shape index (κ2) is 4.73. The monoisotopic (exact) mass is 233 g/mol. The number of hydrogen-bond acceptors (Lipinski definition) is 3. The molecule has 0 spiro atoms. The number of nitrogens with zero attached hydrogens (tertiary/aromatic N) is 1. The number of H-pyrrole nitrogens is 1. The van der Waals surface area contributed by atoms with Crippen molar-refractivity contribution in [1.82, 2.24) is 15.3 Å². The quantitative estimate of drug-likeness (QED) is 0.834. The van der Waals surface area contributed by atoms with E-state index in [2.05, 4.69) is 29.1 Å². The van der Waals surface area contributed by atoms with Crippen LogP contribution in [-0.4, -0.2) is 22.3 Å². The van der Waals surface area contributed by atoms with Gasteiger partial charge in [-0.05, 0) is 11.8 Å². The molecule has 0 atom stereocenters. The van der Waals surface area contributed by atoms with Gasteiger partial charge < -0.3 is 10.3 Å². The highest BCUT2D eigenvalue weighted by atomic mass is 16.1. The Morgan fingerprint density at radius 1 is 1.47 bits per heavy atom. The first-order chi connectivity index (χ1) is 8.05. The number of nitrogens with one attached hydrogen (secondary N) is 2. The van der Waals surface area contributed by atoms with Crippen LogP contribution in [-0.2, 0) is 11.2 Å². The standard InChI is InChI=1S/C13H19N3O/c1-13(2)6-11(5-12(17)7-13)15-4-3-10-8-14-9-16-10/h5,8-9,15H,3-4,6-7H2,1-2H3,(H,14,16). The van der Waals surface area contributed by atoms with Gasteiger partial charge in [-0.1, -0.05) is 13.8 Å². The van der Waals surface area contributed by atoms with Crippen LogP contribution in [0.15, 0.2) is 24.3 Å². The Kier molecular flexibility index (Phi) is 3.31. The Hall–Kier alpha value is -1.58. The summed E-state index contributed by atoms with van der Waals surface area (Å²) in [6.07, 6.45) is 7.75. The summed E-state index contributed by atoms with van der Waals surface area (Å²) in [5.41, 5.74) is 2.26. The number of imidazole rings is 1. The van der Waals surface area contributed by atoms with E-state index in [1.807, 2.05) is 6.20 Å². The van der Waals surface area contributed by atoms with Crippen molar-refractivity contribution in [1.29, 1.82) is 0 Å². The van der Waals surface area contributed by atoms with Gasteiger partial charge in [-0.15, -0.1) is 0 Å². The maximum atomic E-state index is 11.5. The minimum Gasteiger partial charge on any atom is -0.388 e. The SMILES string of the molecule is CC1(C)CC(=O)C=C(NCCc2cnc[nH]2)C1. The van der Waals surface area contributed by atoms with Gasteiger partial charge in [0.2, 0.25) is 0 Å². The lowest BCUT2D eigenvalue weighted by Crippen LogP contribution is -2.28. The van der Waals surface area contributed by atoms with Gasteiger partial charge in [-0.2, -0.15) is 0 Å². The molecule has 0 unspecified atom stereocenters. The highest BCUT2D eigenvalue weighted by Gasteiger charge is 2.27. The first kappa shape index (κ1) is 11.9. The topological polar surface area (TPSA) is 57.8 Å². The fourth-order valence-corrected chi connectivity index (χ4v) is 2.24. The van der Waals surface area contributed by atoms with Crippen LogP contribution in [0.5, 0.6) is 0 Å². The fraction of sp³-hybridized carbons (Fsp3) is 0.538. The zero-order valence-electron chi connectivity index (χ0n) is 10.4. The average Bonchev–Trinajstić information content (AvgIpc) is 2.67. The molecular formula is C13H19N3O. The van der Waals surface area contributed by atoms with E-state index in [0.717, 1.165) is 30.8 Å². The summed E-state index contributed by atoms with van der Waals surface area (Å²) in [6.45, 7) is 5.10. The van der Waals surface area contributed by atoms with Crippen molar-refractivity contribution in [2.45, 2.75) is 33.1 Å². The largest absolute Gasteiger partial charge is 0.388 e. The predicted molar refractivity (Wildman–Crippen MR) is 66.4 cm³/mol. The summed E-state index contributed by atoms with van der Waals surface area (Å²) in [4.78, 5) is 18.6. The highest BCUT2D eigenvalue weighted by Crippen LogP contribution is 2.32. The third-order valence-corrected chi connectivity index (χ3v) is 2.96. The molecule has 1 aliphatic rings. The summed E-state index contributed by atoms with van der Waals surface area (Å²) in [6, 6.07) is 0. The van der Waals surface area contributed by atoms with E-state index in [0.29, 0.717) is 6.42 Å². The Balaban J connectivity index is 1.85. The number of aromatic nitrogens is 2. The predicted octanol–water partition coefficient (Wildman–Crippen LogP) is 1.81. The van der Waals surface area contributed by atoms with E-state index >= 15 is 0 Å². The maximum absolute atomic E-state index is 11.5. The minimum atomic E-state index is 0.0855. The second-order valence-corrected chi connectivity index (χ2v) is 5.41. The van der Waals surface area contributed by atoms with Crippen LogP contribution in [0, 0.1) is 5.41 Å². The summed E-state index contributed by atoms with van der Waals surface area (Å²) in [5, 5.41) is 3.34. The molecule has 1 heterocycles. The van der Waals surface area contributed by atoms with Crippen LogP contribution in [0.2, 0.25) is 0 Å². The van der Waals surface area contributed by atoms with E-state index in [1.165, 1.54) is 0 Å². The number of allylic oxidation sites excluding steroid dienone is 2. The van der Waals surface area contributed by atoms with E-state index in [9.17, 15) is 4.79 Å². The Morgan fingerprint density at radius 3 is 2.94 bits per heavy atom. The molecule has 2 rings (SSSR count). The van der Waals surface area contributed by atoms with Crippen LogP contribution in [0.25, 0.3) is 0 Å². The molecule has 0 radical (unpaired) electrons. The van der Waals surface area contributed by atoms with Crippen LogP contribution in [0.3, 0.4) is 0 Å². The molecule has 1 aliphatic carbocycles. The molecule has 0 fully saturated rings. The zero-order chi connectivity index (χ0) is 12.3. The van der Waals surface area contributed by atoms with Crippen molar-refractivity contribution in [3.05, 3.63) is 30.0 Å². The molecule has 0 bridgehead atoms. The van der Waals surface area contributed by atoms with Gasteiger partial charge in [-0.25, -0.2) is 4.98 Å². The number of carbonyl (C=O) groups is 1. The lowest BCUT2D eigenvalue weighted by atomic mass is 9.79. The first-order valence-corrected chi connectivity index (χ1v) is 6.00. The van der Waals surface area contributed by atoms with Gasteiger partial charge in [0.25, 0.3) is 0 Å². The van der Waals surface area contributed by atoms with E-state index in [1.54, 1.807) is 12.4 Å². The minimum absolute atomic E-state index is 0.0855. The molecule has 0 saturated carbocycles. The van der Waals surface area contributed by atoms with Gasteiger partial charge in [0, 0.05) is 43.1 Å². The molecule has 0 aromatic carbocycles. The molecule has 1 aromatic rings. The molecule has 17 heavy (non-hydrogen) atoms. The molecule has 0 amide bonds. The summed E-state index contributed by atoms with van der Waals surface area (Å²) in [5.74, 6) is 0.227. The van der Waals surface area contributed by atoms with Gasteiger partial charge in [0.1, 0.15) is 0 Å². The first-order valence-electron chi connectivity index (χ1n) is 6.00. The van der Waals surface area contributed by atoms with Gasteiger partial charge >= 0.3 is 0 Å². The lowest BCUT2D eigenvalue weighted by Gasteiger charge is -2.29. The van der Waals surface area contributed by atoms with Gasteiger partial charge in [0.05, 0.1) is 6.33 Å². The number of ketones is 1. The third kappa shape index (κ3) is 3.44. The zero-order valence-corrected chi connectivity index (χ0v) is 10.4. The van der Waals surface area contributed by atoms with Gasteiger partial charge in [-0.3, -0.25) is 4.79 Å². The fourth-order valence-electron chi connectivity index (χ4n) is 2.24. The second-order valence-electron chi connectivity index (χ2n) is 5.41. The van der Waals surface area contributed by atoms with Crippen molar-refractivity contribution in [3.8, 4) is 0 Å². The average molecular weight is 233 g/mol. The van der Waals surface area contributed by atoms with E-state index in [-0.39, 0.29) is 11.2 Å². The Labute approximate surface area is 102 Å². The molecule has 0 saturated heterocycles. The molecular weight excluding hydrogens is 214 g/mol. The van der Waals surface area contributed by atoms with Crippen LogP contribution >= 0.6 is 0 Å². The number of carbonyl (C=O) groups excluding carboxylic acids is 1. The Morgan fingerprint density at radius 2 is 2.29 bits per heavy atom. The number of hydrogen-bond donors (Lipinski definition) is 2. The molecule has 0 aliphatic heterocycles. The summed E-state index contributed by atoms with van der Waals surface area (Å²) >= 11 is 0. The van der Waals surface area contributed by atoms with Gasteiger partial charge in [0.15, 0.2) is 5.78 Å². The lowest BCUT2D eigenvalue weighted by molar-refractivity contribution is -0.117. The molecule has 1 aromatic heterocycles. The normalized spacial score (nSPS) is 18.9. The van der Waals surface area contributed by atoms with Crippen molar-refractivity contribution in [3.63, 3.8) is 0 Å². The smallest absolute Gasteiger partial charge is 0.157 e. The number of aromatic amines is 1. The highest BCUT2D eigenvalue weighted by molar-refractivity contribution is 5.91. The van der Waals surface area contributed by atoms with E-state index < -0.39 is 0 Å². The van der Waals surface area contributed by atoms with Crippen molar-refractivity contribution >= 4 is 5.78 Å². The van der Waals surface area contributed by atoms with Crippen molar-refractivity contribution in [2.24, 2.45) is 5.41 Å². The van der Waals surface area contributed by atoms with Crippen molar-refractivity contribution < 1.29 is 4.79 Å². The molecule has 92 valence electrons. The van der Waals surface area contributed by atoms with Crippen LogP contribution in [0.4, 0.5) is 0 Å². The van der Waals surface area contributed by atoms with Crippen molar-refractivity contribution in [2.75, 3.05) is 6.54 Å². The third-order valence-electron chi connectivity index (χ3n) is 2.96. The maximum Gasteiger partial charge on any atom is 0.157 e. The Bertz CT molecular complexity index is 418. The molecule has 4 nitrogen and oxygen atoms in total. The van der Waals surface area contributed by atoms with Crippen LogP contribution < -0.4 is 5.32 Å². The summed E-state index contributed by atoms with van der Waals surface area (Å²) < 4.78 is 0. The molecule has 4 heteroatoms. The summed E-state index contributed by atoms with van der Waals surface area (Å²) in [7, 11) is 0. The molecule has 2 N–H and O–H groups in total. The number of rotatable bonds is 4. The van der Waals surface area contributed by atoms with Crippen LogP contribution in [0.1, 0.15) is 32.4 Å². The van der Waals surface area contributed by atoms with E-state index in [4.69, 9.17) is 0 Å².